The number of hydrogen-bond donors (Lipinski definition) is 0. The van der Waals surface area contributed by atoms with E-state index in [1.54, 1.807) is 12.1 Å². The Kier molecular flexibility index (Phi) is 7.51. The van der Waals surface area contributed by atoms with E-state index in [9.17, 15) is 9.59 Å². The number of esters is 1. The summed E-state index contributed by atoms with van der Waals surface area (Å²) in [5.41, 5.74) is 3.72. The van der Waals surface area contributed by atoms with Gasteiger partial charge in [0.15, 0.2) is 5.78 Å². The highest BCUT2D eigenvalue weighted by Crippen LogP contribution is 2.47. The number of nitrogens with zero attached hydrogens (tertiary/aromatic N) is 1. The summed E-state index contributed by atoms with van der Waals surface area (Å²) < 4.78 is 5.71. The van der Waals surface area contributed by atoms with Crippen LogP contribution in [0.5, 0.6) is 0 Å². The smallest absolute Gasteiger partial charge is 0.315 e. The maximum absolute atomic E-state index is 13.6. The van der Waals surface area contributed by atoms with Crippen LogP contribution in [-0.2, 0) is 14.3 Å². The molecule has 0 N–H and O–H groups in total. The van der Waals surface area contributed by atoms with Crippen molar-refractivity contribution in [2.45, 2.75) is 58.0 Å². The molecule has 1 aliphatic heterocycles. The van der Waals surface area contributed by atoms with Crippen LogP contribution in [0.25, 0.3) is 0 Å². The predicted molar refractivity (Wildman–Crippen MR) is 137 cm³/mol. The van der Waals surface area contributed by atoms with Crippen LogP contribution in [-0.4, -0.2) is 23.6 Å². The van der Waals surface area contributed by atoms with Crippen molar-refractivity contribution in [1.82, 2.24) is 0 Å². The second-order valence-electron chi connectivity index (χ2n) is 8.98. The summed E-state index contributed by atoms with van der Waals surface area (Å²) in [6.07, 6.45) is 1.40. The quantitative estimate of drug-likeness (QED) is 0.384. The molecule has 0 radical (unpaired) electrons. The van der Waals surface area contributed by atoms with Crippen LogP contribution in [0.4, 0.5) is 0 Å². The molecular weight excluding hydrogens is 493 g/mol. The van der Waals surface area contributed by atoms with Gasteiger partial charge in [-0.25, -0.2) is 0 Å². The van der Waals surface area contributed by atoms with Gasteiger partial charge >= 0.3 is 5.97 Å². The number of carbonyl (C=O) groups excluding carboxylic acids is 2. The molecule has 0 amide bonds. The Morgan fingerprint density at radius 3 is 2.38 bits per heavy atom. The lowest BCUT2D eigenvalue weighted by molar-refractivity contribution is -0.151. The van der Waals surface area contributed by atoms with E-state index in [-0.39, 0.29) is 23.8 Å². The van der Waals surface area contributed by atoms with E-state index >= 15 is 0 Å². The van der Waals surface area contributed by atoms with E-state index in [1.807, 2.05) is 51.1 Å². The molecule has 2 aliphatic rings. The Balaban J connectivity index is 1.79. The van der Waals surface area contributed by atoms with Crippen molar-refractivity contribution in [3.05, 3.63) is 79.9 Å². The Morgan fingerprint density at radius 1 is 1.06 bits per heavy atom. The van der Waals surface area contributed by atoms with Crippen LogP contribution in [0.3, 0.4) is 0 Å². The molecule has 2 aromatic carbocycles. The number of ketones is 1. The number of halogens is 3. The zero-order chi connectivity index (χ0) is 24.6. The Labute approximate surface area is 215 Å². The van der Waals surface area contributed by atoms with E-state index in [1.165, 1.54) is 0 Å². The van der Waals surface area contributed by atoms with Crippen molar-refractivity contribution in [2.24, 2.45) is 10.9 Å². The molecule has 0 aromatic heterocycles. The fourth-order valence-electron chi connectivity index (χ4n) is 4.76. The highest BCUT2D eigenvalue weighted by molar-refractivity contribution is 6.42. The third-order valence-electron chi connectivity index (χ3n) is 6.68. The van der Waals surface area contributed by atoms with Gasteiger partial charge in [0, 0.05) is 34.3 Å². The highest BCUT2D eigenvalue weighted by atomic mass is 35.5. The average molecular weight is 519 g/mol. The van der Waals surface area contributed by atoms with Gasteiger partial charge in [-0.2, -0.15) is 0 Å². The predicted octanol–water partition coefficient (Wildman–Crippen LogP) is 7.56. The lowest BCUT2D eigenvalue weighted by Gasteiger charge is -2.37. The standard InChI is InChI=1S/C27H26Cl3NO3/c1-4-14(2)34-27(33)24-15(3)31-22-12-18(16-5-8-19(28)9-6-16)13-23(32)26(22)25(24)17-7-10-20(29)21(30)11-17/h5-11,14,18,24-25H,4,12-13H2,1-3H3. The van der Waals surface area contributed by atoms with E-state index in [4.69, 9.17) is 44.5 Å². The van der Waals surface area contributed by atoms with Crippen LogP contribution >= 0.6 is 34.8 Å². The van der Waals surface area contributed by atoms with Crippen molar-refractivity contribution >= 4 is 52.3 Å². The van der Waals surface area contributed by atoms with Crippen LogP contribution in [0, 0.1) is 5.92 Å². The summed E-state index contributed by atoms with van der Waals surface area (Å²) >= 11 is 18.6. The third kappa shape index (κ3) is 4.95. The van der Waals surface area contributed by atoms with E-state index in [0.717, 1.165) is 16.8 Å². The molecule has 0 bridgehead atoms. The van der Waals surface area contributed by atoms with Crippen LogP contribution in [0.2, 0.25) is 15.1 Å². The van der Waals surface area contributed by atoms with E-state index in [0.29, 0.717) is 45.6 Å². The lowest BCUT2D eigenvalue weighted by Crippen LogP contribution is -2.39. The maximum atomic E-state index is 13.6. The van der Waals surface area contributed by atoms with Gasteiger partial charge < -0.3 is 4.74 Å². The number of rotatable bonds is 5. The Hall–Kier alpha value is -2.14. The number of hydrogen-bond acceptors (Lipinski definition) is 4. The third-order valence-corrected chi connectivity index (χ3v) is 7.67. The van der Waals surface area contributed by atoms with Crippen LogP contribution in [0.15, 0.2) is 58.7 Å². The summed E-state index contributed by atoms with van der Waals surface area (Å²) in [6, 6.07) is 12.8. The van der Waals surface area contributed by atoms with Gasteiger partial charge in [0.2, 0.25) is 0 Å². The molecule has 178 valence electrons. The fourth-order valence-corrected chi connectivity index (χ4v) is 5.19. The van der Waals surface area contributed by atoms with Gasteiger partial charge in [-0.1, -0.05) is 59.9 Å². The Bertz CT molecular complexity index is 1190. The molecule has 2 aromatic rings. The van der Waals surface area contributed by atoms with Gasteiger partial charge in [-0.3, -0.25) is 14.6 Å². The summed E-state index contributed by atoms with van der Waals surface area (Å²) in [7, 11) is 0. The minimum Gasteiger partial charge on any atom is -0.462 e. The molecule has 0 fully saturated rings. The Morgan fingerprint density at radius 2 is 1.74 bits per heavy atom. The SMILES string of the molecule is CCC(C)OC(=O)C1C(C)=NC2=C(C(=O)CC(c3ccc(Cl)cc3)C2)C1c1ccc(Cl)c(Cl)c1. The molecule has 34 heavy (non-hydrogen) atoms. The zero-order valence-electron chi connectivity index (χ0n) is 19.3. The number of aliphatic imine (C=N–C) groups is 1. The summed E-state index contributed by atoms with van der Waals surface area (Å²) in [5, 5.41) is 1.44. The number of Topliss-reactive ketones (excluding diaryl/α,β-unsaturated/α-hetero) is 1. The largest absolute Gasteiger partial charge is 0.462 e. The van der Waals surface area contributed by atoms with Gasteiger partial charge in [0.05, 0.1) is 16.1 Å². The van der Waals surface area contributed by atoms with Crippen molar-refractivity contribution in [1.29, 1.82) is 0 Å². The number of carbonyl (C=O) groups is 2. The molecule has 4 atom stereocenters. The summed E-state index contributed by atoms with van der Waals surface area (Å²) in [4.78, 5) is 31.7. The summed E-state index contributed by atoms with van der Waals surface area (Å²) in [5.74, 6) is -1.64. The second kappa shape index (κ2) is 10.2. The van der Waals surface area contributed by atoms with Gasteiger partial charge in [0.1, 0.15) is 5.92 Å². The molecule has 1 aliphatic carbocycles. The number of ether oxygens (including phenoxy) is 1. The lowest BCUT2D eigenvalue weighted by atomic mass is 9.69. The zero-order valence-corrected chi connectivity index (χ0v) is 21.5. The number of allylic oxidation sites excluding steroid dienone is 2. The summed E-state index contributed by atoms with van der Waals surface area (Å²) in [6.45, 7) is 5.64. The molecule has 4 unspecified atom stereocenters. The first-order chi connectivity index (χ1) is 16.2. The minimum atomic E-state index is -0.707. The van der Waals surface area contributed by atoms with Crippen LogP contribution < -0.4 is 0 Å². The van der Waals surface area contributed by atoms with Crippen LogP contribution in [0.1, 0.15) is 63.0 Å². The van der Waals surface area contributed by atoms with Crippen molar-refractivity contribution in [3.8, 4) is 0 Å². The van der Waals surface area contributed by atoms with Gasteiger partial charge in [-0.05, 0) is 68.0 Å². The van der Waals surface area contributed by atoms with E-state index < -0.39 is 11.8 Å². The molecule has 7 heteroatoms. The van der Waals surface area contributed by atoms with Gasteiger partial charge in [-0.15, -0.1) is 0 Å². The molecule has 1 heterocycles. The number of benzene rings is 2. The molecule has 4 nitrogen and oxygen atoms in total. The van der Waals surface area contributed by atoms with E-state index in [2.05, 4.69) is 0 Å². The van der Waals surface area contributed by atoms with Gasteiger partial charge in [0.25, 0.3) is 0 Å². The molecule has 0 saturated heterocycles. The van der Waals surface area contributed by atoms with Crippen molar-refractivity contribution in [2.75, 3.05) is 0 Å². The minimum absolute atomic E-state index is 0.00172. The monoisotopic (exact) mass is 517 g/mol. The molecule has 0 saturated carbocycles. The second-order valence-corrected chi connectivity index (χ2v) is 10.2. The van der Waals surface area contributed by atoms with Crippen molar-refractivity contribution in [3.63, 3.8) is 0 Å². The molecular formula is C27H26Cl3NO3. The normalized spacial score (nSPS) is 23.3. The average Bonchev–Trinajstić information content (AvgIpc) is 2.80. The molecule has 0 spiro atoms. The fraction of sp³-hybridized carbons (Fsp3) is 0.370. The van der Waals surface area contributed by atoms with Crippen molar-refractivity contribution < 1.29 is 14.3 Å². The molecule has 4 rings (SSSR count). The highest BCUT2D eigenvalue weighted by Gasteiger charge is 2.45. The maximum Gasteiger partial charge on any atom is 0.315 e. The topological polar surface area (TPSA) is 55.7 Å². The first kappa shape index (κ1) is 25.0. The first-order valence-electron chi connectivity index (χ1n) is 11.4. The first-order valence-corrected chi connectivity index (χ1v) is 12.5.